The summed E-state index contributed by atoms with van der Waals surface area (Å²) in [5.74, 6) is 1.15. The maximum absolute atomic E-state index is 11.8. The molecule has 2 atom stereocenters. The van der Waals surface area contributed by atoms with Crippen molar-refractivity contribution in [3.63, 3.8) is 0 Å². The van der Waals surface area contributed by atoms with E-state index < -0.39 is 6.04 Å². The average molecular weight is 223 g/mol. The van der Waals surface area contributed by atoms with Gasteiger partial charge in [0.1, 0.15) is 11.8 Å². The van der Waals surface area contributed by atoms with Gasteiger partial charge in [-0.25, -0.2) is 0 Å². The maximum atomic E-state index is 11.8. The molecule has 2 unspecified atom stereocenters. The van der Waals surface area contributed by atoms with E-state index in [1.165, 1.54) is 6.26 Å². The average Bonchev–Trinajstić information content (AvgIpc) is 3.00. The number of furan rings is 1. The summed E-state index contributed by atoms with van der Waals surface area (Å²) in [4.78, 5) is 11.8. The molecule has 1 aliphatic rings. The van der Waals surface area contributed by atoms with Crippen LogP contribution < -0.4 is 5.32 Å². The van der Waals surface area contributed by atoms with Crippen molar-refractivity contribution in [1.82, 2.24) is 5.32 Å². The SMILES string of the molecule is CC(C(=O)NC(CO)c1ccco1)C1CC1. The van der Waals surface area contributed by atoms with E-state index in [-0.39, 0.29) is 18.4 Å². The van der Waals surface area contributed by atoms with Gasteiger partial charge in [-0.1, -0.05) is 6.92 Å². The van der Waals surface area contributed by atoms with Crippen LogP contribution in [0.1, 0.15) is 31.6 Å². The molecule has 0 aliphatic heterocycles. The quantitative estimate of drug-likeness (QED) is 0.794. The molecule has 0 aromatic carbocycles. The second-order valence-corrected chi connectivity index (χ2v) is 4.39. The molecule has 1 amide bonds. The molecular formula is C12H17NO3. The van der Waals surface area contributed by atoms with Crippen molar-refractivity contribution in [3.8, 4) is 0 Å². The van der Waals surface area contributed by atoms with Gasteiger partial charge in [0.25, 0.3) is 0 Å². The second kappa shape index (κ2) is 4.70. The van der Waals surface area contributed by atoms with Crippen molar-refractivity contribution in [3.05, 3.63) is 24.2 Å². The van der Waals surface area contributed by atoms with Crippen molar-refractivity contribution in [2.24, 2.45) is 11.8 Å². The van der Waals surface area contributed by atoms with Crippen molar-refractivity contribution >= 4 is 5.91 Å². The molecule has 1 aromatic heterocycles. The van der Waals surface area contributed by atoms with Gasteiger partial charge in [0.2, 0.25) is 5.91 Å². The molecule has 1 fully saturated rings. The number of aliphatic hydroxyl groups excluding tert-OH is 1. The van der Waals surface area contributed by atoms with Gasteiger partial charge < -0.3 is 14.8 Å². The zero-order valence-electron chi connectivity index (χ0n) is 9.35. The van der Waals surface area contributed by atoms with Crippen molar-refractivity contribution in [2.75, 3.05) is 6.61 Å². The van der Waals surface area contributed by atoms with Gasteiger partial charge in [-0.15, -0.1) is 0 Å². The molecule has 1 aromatic rings. The fourth-order valence-corrected chi connectivity index (χ4v) is 1.81. The fraction of sp³-hybridized carbons (Fsp3) is 0.583. The minimum atomic E-state index is -0.427. The molecule has 0 saturated heterocycles. The molecule has 1 heterocycles. The molecule has 0 bridgehead atoms. The van der Waals surface area contributed by atoms with Gasteiger partial charge in [0.05, 0.1) is 12.9 Å². The molecule has 1 saturated carbocycles. The lowest BCUT2D eigenvalue weighted by molar-refractivity contribution is -0.126. The Morgan fingerprint density at radius 1 is 1.69 bits per heavy atom. The first-order valence-electron chi connectivity index (χ1n) is 5.67. The van der Waals surface area contributed by atoms with E-state index in [9.17, 15) is 9.90 Å². The first kappa shape index (κ1) is 11.2. The molecule has 88 valence electrons. The van der Waals surface area contributed by atoms with E-state index in [2.05, 4.69) is 5.32 Å². The first-order chi connectivity index (χ1) is 7.72. The number of carbonyl (C=O) groups is 1. The molecule has 2 rings (SSSR count). The number of nitrogens with one attached hydrogen (secondary N) is 1. The number of carbonyl (C=O) groups excluding carboxylic acids is 1. The highest BCUT2D eigenvalue weighted by Crippen LogP contribution is 2.36. The Labute approximate surface area is 94.6 Å². The van der Waals surface area contributed by atoms with Crippen LogP contribution in [0, 0.1) is 11.8 Å². The van der Waals surface area contributed by atoms with E-state index in [0.29, 0.717) is 11.7 Å². The summed E-state index contributed by atoms with van der Waals surface area (Å²) < 4.78 is 5.17. The summed E-state index contributed by atoms with van der Waals surface area (Å²) in [6.07, 6.45) is 3.81. The number of hydrogen-bond acceptors (Lipinski definition) is 3. The third kappa shape index (κ3) is 2.44. The zero-order valence-corrected chi connectivity index (χ0v) is 9.35. The van der Waals surface area contributed by atoms with Gasteiger partial charge >= 0.3 is 0 Å². The number of amides is 1. The normalized spacial score (nSPS) is 19.1. The van der Waals surface area contributed by atoms with Crippen LogP contribution in [-0.4, -0.2) is 17.6 Å². The van der Waals surface area contributed by atoms with Gasteiger partial charge in [0, 0.05) is 5.92 Å². The summed E-state index contributed by atoms with van der Waals surface area (Å²) in [7, 11) is 0. The van der Waals surface area contributed by atoms with E-state index in [1.807, 2.05) is 6.92 Å². The highest BCUT2D eigenvalue weighted by molar-refractivity contribution is 5.79. The Kier molecular flexibility index (Phi) is 3.29. The summed E-state index contributed by atoms with van der Waals surface area (Å²) >= 11 is 0. The molecule has 1 aliphatic carbocycles. The Hall–Kier alpha value is -1.29. The monoisotopic (exact) mass is 223 g/mol. The third-order valence-electron chi connectivity index (χ3n) is 3.13. The highest BCUT2D eigenvalue weighted by Gasteiger charge is 2.33. The second-order valence-electron chi connectivity index (χ2n) is 4.39. The van der Waals surface area contributed by atoms with Crippen LogP contribution >= 0.6 is 0 Å². The number of aliphatic hydroxyl groups is 1. The third-order valence-corrected chi connectivity index (χ3v) is 3.13. The van der Waals surface area contributed by atoms with E-state index in [0.717, 1.165) is 12.8 Å². The van der Waals surface area contributed by atoms with E-state index in [1.54, 1.807) is 12.1 Å². The fourth-order valence-electron chi connectivity index (χ4n) is 1.81. The van der Waals surface area contributed by atoms with Gasteiger partial charge in [-0.2, -0.15) is 0 Å². The summed E-state index contributed by atoms with van der Waals surface area (Å²) in [6.45, 7) is 1.79. The lowest BCUT2D eigenvalue weighted by Gasteiger charge is -2.17. The molecule has 16 heavy (non-hydrogen) atoms. The Bertz CT molecular complexity index is 343. The van der Waals surface area contributed by atoms with Crippen LogP contribution in [0.2, 0.25) is 0 Å². The number of rotatable bonds is 5. The Morgan fingerprint density at radius 2 is 2.44 bits per heavy atom. The lowest BCUT2D eigenvalue weighted by Crippen LogP contribution is -2.35. The predicted octanol–water partition coefficient (Wildman–Crippen LogP) is 1.48. The highest BCUT2D eigenvalue weighted by atomic mass is 16.3. The Morgan fingerprint density at radius 3 is 2.94 bits per heavy atom. The smallest absolute Gasteiger partial charge is 0.223 e. The molecule has 4 heteroatoms. The van der Waals surface area contributed by atoms with Crippen LogP contribution in [0.25, 0.3) is 0 Å². The van der Waals surface area contributed by atoms with Crippen LogP contribution in [0.5, 0.6) is 0 Å². The van der Waals surface area contributed by atoms with Crippen molar-refractivity contribution < 1.29 is 14.3 Å². The lowest BCUT2D eigenvalue weighted by atomic mass is 10.1. The number of hydrogen-bond donors (Lipinski definition) is 2. The van der Waals surface area contributed by atoms with Crippen molar-refractivity contribution in [1.29, 1.82) is 0 Å². The topological polar surface area (TPSA) is 62.5 Å². The van der Waals surface area contributed by atoms with E-state index in [4.69, 9.17) is 4.42 Å². The molecule has 2 N–H and O–H groups in total. The van der Waals surface area contributed by atoms with Crippen molar-refractivity contribution in [2.45, 2.75) is 25.8 Å². The molecule has 4 nitrogen and oxygen atoms in total. The zero-order chi connectivity index (χ0) is 11.5. The molecule has 0 spiro atoms. The minimum absolute atomic E-state index is 0.00190. The van der Waals surface area contributed by atoms with E-state index >= 15 is 0 Å². The maximum Gasteiger partial charge on any atom is 0.223 e. The van der Waals surface area contributed by atoms with Gasteiger partial charge in [-0.05, 0) is 30.9 Å². The predicted molar refractivity (Wildman–Crippen MR) is 58.6 cm³/mol. The summed E-state index contributed by atoms with van der Waals surface area (Å²) in [5.41, 5.74) is 0. The van der Waals surface area contributed by atoms with Crippen LogP contribution in [0.4, 0.5) is 0 Å². The van der Waals surface area contributed by atoms with Crippen LogP contribution in [0.3, 0.4) is 0 Å². The van der Waals surface area contributed by atoms with Gasteiger partial charge in [0.15, 0.2) is 0 Å². The standard InChI is InChI=1S/C12H17NO3/c1-8(9-4-5-9)12(15)13-10(7-14)11-3-2-6-16-11/h2-3,6,8-10,14H,4-5,7H2,1H3,(H,13,15). The Balaban J connectivity index is 1.93. The largest absolute Gasteiger partial charge is 0.467 e. The van der Waals surface area contributed by atoms with Crippen LogP contribution in [-0.2, 0) is 4.79 Å². The summed E-state index contributed by atoms with van der Waals surface area (Å²) in [6, 6.07) is 3.07. The molecule has 0 radical (unpaired) electrons. The summed E-state index contributed by atoms with van der Waals surface area (Å²) in [5, 5.41) is 12.0. The molecular weight excluding hydrogens is 206 g/mol. The van der Waals surface area contributed by atoms with Crippen LogP contribution in [0.15, 0.2) is 22.8 Å². The van der Waals surface area contributed by atoms with Gasteiger partial charge in [-0.3, -0.25) is 4.79 Å². The first-order valence-corrected chi connectivity index (χ1v) is 5.67. The minimum Gasteiger partial charge on any atom is -0.467 e.